The van der Waals surface area contributed by atoms with Crippen molar-refractivity contribution in [1.29, 1.82) is 0 Å². The van der Waals surface area contributed by atoms with Gasteiger partial charge >= 0.3 is 0 Å². The van der Waals surface area contributed by atoms with E-state index in [1.165, 1.54) is 11.3 Å². The van der Waals surface area contributed by atoms with Gasteiger partial charge in [0.15, 0.2) is 0 Å². The zero-order valence-electron chi connectivity index (χ0n) is 30.5. The van der Waals surface area contributed by atoms with Crippen LogP contribution in [0.1, 0.15) is 79.7 Å². The standard InChI is InChI=1S/C38H45ClN6O5S2/c1-23(2)36-41-37(42-50-36)45-12-10-44(11-13-45)22-25-14-27(20-32(15-25)49-24(3)4)38(5,6)28-18-29(39)21-31(19-28)40-35(46)34-17-26-16-30(43-52(7,47)48)8-9-33(26)51-34/h8-9,14-21,23-24,43H,10-13,22H2,1-7H3,(H,40,46). The molecule has 11 nitrogen and oxygen atoms in total. The van der Waals surface area contributed by atoms with Crippen molar-refractivity contribution in [1.82, 2.24) is 15.0 Å². The van der Waals surface area contributed by atoms with E-state index in [9.17, 15) is 13.2 Å². The largest absolute Gasteiger partial charge is 0.491 e. The van der Waals surface area contributed by atoms with Crippen LogP contribution in [-0.2, 0) is 22.0 Å². The fourth-order valence-electron chi connectivity index (χ4n) is 6.22. The Kier molecular flexibility index (Phi) is 10.9. The number of ether oxygens (including phenoxy) is 1. The Morgan fingerprint density at radius 3 is 2.38 bits per heavy atom. The van der Waals surface area contributed by atoms with E-state index in [2.05, 4.69) is 62.0 Å². The first-order chi connectivity index (χ1) is 24.5. The quantitative estimate of drug-likeness (QED) is 0.129. The van der Waals surface area contributed by atoms with E-state index >= 15 is 0 Å². The lowest BCUT2D eigenvalue weighted by Gasteiger charge is -2.34. The molecule has 0 bridgehead atoms. The molecule has 1 aliphatic rings. The monoisotopic (exact) mass is 764 g/mol. The van der Waals surface area contributed by atoms with Crippen molar-refractivity contribution >= 4 is 66.3 Å². The average molecular weight is 765 g/mol. The molecule has 6 rings (SSSR count). The van der Waals surface area contributed by atoms with E-state index in [1.807, 2.05) is 39.8 Å². The van der Waals surface area contributed by atoms with Gasteiger partial charge in [-0.05, 0) is 95.7 Å². The summed E-state index contributed by atoms with van der Waals surface area (Å²) in [5, 5.41) is 8.49. The van der Waals surface area contributed by atoms with E-state index in [1.54, 1.807) is 30.3 Å². The van der Waals surface area contributed by atoms with Crippen LogP contribution in [0.4, 0.5) is 17.3 Å². The maximum absolute atomic E-state index is 13.5. The Balaban J connectivity index is 1.20. The highest BCUT2D eigenvalue weighted by atomic mass is 35.5. The summed E-state index contributed by atoms with van der Waals surface area (Å²) in [4.78, 5) is 23.1. The van der Waals surface area contributed by atoms with Gasteiger partial charge in [-0.15, -0.1) is 11.3 Å². The molecule has 2 aromatic heterocycles. The lowest BCUT2D eigenvalue weighted by atomic mass is 9.77. The molecule has 1 amide bonds. The van der Waals surface area contributed by atoms with Gasteiger partial charge in [0, 0.05) is 65.2 Å². The highest BCUT2D eigenvalue weighted by molar-refractivity contribution is 7.92. The molecule has 3 aromatic carbocycles. The number of halogens is 1. The number of rotatable bonds is 12. The molecule has 276 valence electrons. The summed E-state index contributed by atoms with van der Waals surface area (Å²) in [6, 6.07) is 19.0. The van der Waals surface area contributed by atoms with E-state index in [0.717, 1.165) is 71.5 Å². The van der Waals surface area contributed by atoms with Gasteiger partial charge in [-0.3, -0.25) is 14.4 Å². The number of aromatic nitrogens is 2. The molecule has 1 saturated heterocycles. The number of hydrogen-bond acceptors (Lipinski definition) is 10. The normalized spacial score (nSPS) is 14.4. The second-order valence-electron chi connectivity index (χ2n) is 14.4. The fraction of sp³-hybridized carbons (Fsp3) is 0.395. The summed E-state index contributed by atoms with van der Waals surface area (Å²) in [7, 11) is -3.42. The van der Waals surface area contributed by atoms with Crippen LogP contribution in [0.5, 0.6) is 5.75 Å². The van der Waals surface area contributed by atoms with Crippen molar-refractivity contribution in [3.8, 4) is 5.75 Å². The summed E-state index contributed by atoms with van der Waals surface area (Å²) in [5.74, 6) is 2.02. The first-order valence-electron chi connectivity index (χ1n) is 17.3. The Labute approximate surface area is 314 Å². The number of carbonyl (C=O) groups is 1. The maximum Gasteiger partial charge on any atom is 0.266 e. The molecule has 3 heterocycles. The third kappa shape index (κ3) is 9.06. The molecule has 0 spiro atoms. The van der Waals surface area contributed by atoms with Crippen LogP contribution < -0.4 is 19.7 Å². The molecular weight excluding hydrogens is 720 g/mol. The predicted molar refractivity (Wildman–Crippen MR) is 210 cm³/mol. The molecular formula is C38H45ClN6O5S2. The van der Waals surface area contributed by atoms with Crippen molar-refractivity contribution in [3.05, 3.63) is 93.1 Å². The highest BCUT2D eigenvalue weighted by Gasteiger charge is 2.27. The number of sulfonamides is 1. The predicted octanol–water partition coefficient (Wildman–Crippen LogP) is 8.12. The molecule has 0 unspecified atom stereocenters. The van der Waals surface area contributed by atoms with Gasteiger partial charge in [0.2, 0.25) is 15.9 Å². The topological polar surface area (TPSA) is 130 Å². The van der Waals surface area contributed by atoms with E-state index < -0.39 is 15.4 Å². The Bertz CT molecular complexity index is 2190. The minimum Gasteiger partial charge on any atom is -0.491 e. The summed E-state index contributed by atoms with van der Waals surface area (Å²) in [5.41, 5.74) is 3.66. The number of amides is 1. The first kappa shape index (κ1) is 37.6. The highest BCUT2D eigenvalue weighted by Crippen LogP contribution is 2.38. The van der Waals surface area contributed by atoms with Crippen LogP contribution in [0, 0.1) is 0 Å². The van der Waals surface area contributed by atoms with Gasteiger partial charge in [-0.2, -0.15) is 4.98 Å². The van der Waals surface area contributed by atoms with Crippen molar-refractivity contribution in [2.75, 3.05) is 47.4 Å². The van der Waals surface area contributed by atoms with Crippen molar-refractivity contribution in [2.45, 2.75) is 65.5 Å². The molecule has 1 fully saturated rings. The van der Waals surface area contributed by atoms with Crippen molar-refractivity contribution in [3.63, 3.8) is 0 Å². The number of benzene rings is 3. The lowest BCUT2D eigenvalue weighted by molar-refractivity contribution is 0.103. The molecule has 0 saturated carbocycles. The Morgan fingerprint density at radius 1 is 0.981 bits per heavy atom. The van der Waals surface area contributed by atoms with Gasteiger partial charge in [0.05, 0.1) is 17.2 Å². The molecule has 2 N–H and O–H groups in total. The van der Waals surface area contributed by atoms with E-state index in [4.69, 9.17) is 20.9 Å². The minimum absolute atomic E-state index is 0.00451. The van der Waals surface area contributed by atoms with E-state index in [-0.39, 0.29) is 17.9 Å². The van der Waals surface area contributed by atoms with Gasteiger partial charge in [-0.1, -0.05) is 45.4 Å². The molecule has 0 radical (unpaired) electrons. The molecule has 5 aromatic rings. The Morgan fingerprint density at radius 2 is 1.71 bits per heavy atom. The molecule has 1 aliphatic heterocycles. The Hall–Kier alpha value is -4.17. The second kappa shape index (κ2) is 15.1. The zero-order valence-corrected chi connectivity index (χ0v) is 32.9. The minimum atomic E-state index is -3.42. The lowest BCUT2D eigenvalue weighted by Crippen LogP contribution is -2.46. The van der Waals surface area contributed by atoms with Crippen molar-refractivity contribution < 1.29 is 22.5 Å². The van der Waals surface area contributed by atoms with E-state index in [0.29, 0.717) is 33.1 Å². The number of nitrogens with one attached hydrogen (secondary N) is 2. The third-order valence-corrected chi connectivity index (χ3v) is 10.9. The summed E-state index contributed by atoms with van der Waals surface area (Å²) >= 11 is 8.02. The number of anilines is 3. The van der Waals surface area contributed by atoms with Gasteiger partial charge in [-0.25, -0.2) is 8.42 Å². The zero-order chi connectivity index (χ0) is 37.4. The first-order valence-corrected chi connectivity index (χ1v) is 20.4. The van der Waals surface area contributed by atoms with Gasteiger partial charge in [0.25, 0.3) is 11.9 Å². The molecule has 14 heteroatoms. The van der Waals surface area contributed by atoms with Crippen LogP contribution in [0.25, 0.3) is 10.1 Å². The molecule has 52 heavy (non-hydrogen) atoms. The van der Waals surface area contributed by atoms with Gasteiger partial charge < -0.3 is 19.5 Å². The number of piperazine rings is 1. The number of nitrogens with zero attached hydrogens (tertiary/aromatic N) is 4. The number of carbonyl (C=O) groups excluding carboxylic acids is 1. The van der Waals surface area contributed by atoms with Crippen LogP contribution in [0.15, 0.2) is 65.2 Å². The van der Waals surface area contributed by atoms with Crippen LogP contribution in [0.3, 0.4) is 0 Å². The molecule has 0 atom stereocenters. The maximum atomic E-state index is 13.5. The van der Waals surface area contributed by atoms with Crippen LogP contribution in [-0.4, -0.2) is 67.9 Å². The number of hydrogen-bond donors (Lipinski definition) is 2. The average Bonchev–Trinajstić information content (AvgIpc) is 3.72. The SMILES string of the molecule is CC(C)Oc1cc(CN2CCN(c3noc(C(C)C)n3)CC2)cc(C(C)(C)c2cc(Cl)cc(NC(=O)c3cc4cc(NS(C)(=O)=O)ccc4s3)c2)c1. The second-order valence-corrected chi connectivity index (χ2v) is 17.7. The van der Waals surface area contributed by atoms with Crippen LogP contribution in [0.2, 0.25) is 5.02 Å². The van der Waals surface area contributed by atoms with Crippen molar-refractivity contribution in [2.24, 2.45) is 0 Å². The fourth-order valence-corrected chi connectivity index (χ4v) is 7.95. The molecule has 0 aliphatic carbocycles. The summed E-state index contributed by atoms with van der Waals surface area (Å²) in [6.45, 7) is 16.5. The third-order valence-electron chi connectivity index (χ3n) is 8.97. The summed E-state index contributed by atoms with van der Waals surface area (Å²) in [6.07, 6.45) is 1.11. The summed E-state index contributed by atoms with van der Waals surface area (Å²) < 4.78 is 38.4. The number of fused-ring (bicyclic) bond motifs is 1. The number of thiophene rings is 1. The van der Waals surface area contributed by atoms with Crippen LogP contribution >= 0.6 is 22.9 Å². The smallest absolute Gasteiger partial charge is 0.266 e. The van der Waals surface area contributed by atoms with Gasteiger partial charge in [0.1, 0.15) is 5.75 Å².